The Morgan fingerprint density at radius 2 is 1.54 bits per heavy atom. The van der Waals surface area contributed by atoms with Crippen molar-refractivity contribution < 1.29 is 24.2 Å². The topological polar surface area (TPSA) is 102 Å². The highest BCUT2D eigenvalue weighted by Gasteiger charge is 2.39. The first kappa shape index (κ1) is 35.6. The molecule has 0 radical (unpaired) electrons. The molecule has 3 amide bonds. The van der Waals surface area contributed by atoms with Crippen LogP contribution in [0.3, 0.4) is 0 Å². The number of rotatable bonds is 11. The Labute approximate surface area is 317 Å². The molecule has 3 heterocycles. The van der Waals surface area contributed by atoms with E-state index in [4.69, 9.17) is 4.74 Å². The molecule has 1 unspecified atom stereocenters. The lowest BCUT2D eigenvalue weighted by atomic mass is 9.80. The van der Waals surface area contributed by atoms with E-state index in [0.717, 1.165) is 80.1 Å². The van der Waals surface area contributed by atoms with E-state index in [2.05, 4.69) is 76.6 Å². The van der Waals surface area contributed by atoms with Crippen molar-refractivity contribution in [2.24, 2.45) is 5.92 Å². The monoisotopic (exact) mass is 724 g/mol. The van der Waals surface area contributed by atoms with E-state index < -0.39 is 6.04 Å². The zero-order chi connectivity index (χ0) is 37.2. The minimum absolute atomic E-state index is 0.129. The maximum absolute atomic E-state index is 13.1. The normalized spacial score (nSPS) is 22.0. The molecule has 2 N–H and O–H groups in total. The van der Waals surface area contributed by atoms with Crippen molar-refractivity contribution in [2.45, 2.75) is 64.1 Å². The summed E-state index contributed by atoms with van der Waals surface area (Å²) in [5.41, 5.74) is 8.56. The molecule has 278 valence electrons. The van der Waals surface area contributed by atoms with Gasteiger partial charge in [0.2, 0.25) is 11.8 Å². The molecule has 3 aliphatic heterocycles. The number of carbonyl (C=O) groups is 3. The minimum Gasteiger partial charge on any atom is -0.508 e. The van der Waals surface area contributed by atoms with Crippen molar-refractivity contribution >= 4 is 34.6 Å². The standard InChI is InChI=1S/C45H48N4O5/c1-2-39(31-6-4-3-5-7-31)43(32-8-13-36(50)14-9-32)33-10-15-37(16-11-33)54-38-26-30(27-38)20-21-47-22-24-48(25-23-47)35-12-17-40-34(28-35)29-49(45(40)53)41-18-19-42(51)46-44(41)52/h3-17,28,30,38,41,50H,2,18-27,29H2,1H3,(H,46,51,52). The van der Waals surface area contributed by atoms with Crippen LogP contribution in [0.4, 0.5) is 5.69 Å². The fourth-order valence-electron chi connectivity index (χ4n) is 8.56. The Morgan fingerprint density at radius 1 is 0.833 bits per heavy atom. The number of hydrogen-bond donors (Lipinski definition) is 2. The van der Waals surface area contributed by atoms with Crippen LogP contribution >= 0.6 is 0 Å². The molecular formula is C45H48N4O5. The number of piperazine rings is 1. The first-order chi connectivity index (χ1) is 26.3. The summed E-state index contributed by atoms with van der Waals surface area (Å²) in [6.45, 7) is 7.56. The number of carbonyl (C=O) groups excluding carboxylic acids is 3. The molecule has 1 atom stereocenters. The van der Waals surface area contributed by atoms with Gasteiger partial charge in [-0.3, -0.25) is 24.6 Å². The van der Waals surface area contributed by atoms with Crippen molar-refractivity contribution in [1.29, 1.82) is 0 Å². The molecule has 3 fully saturated rings. The second-order valence-electron chi connectivity index (χ2n) is 15.1. The van der Waals surface area contributed by atoms with Crippen LogP contribution in [-0.2, 0) is 16.1 Å². The molecule has 0 bridgehead atoms. The van der Waals surface area contributed by atoms with E-state index in [-0.39, 0.29) is 36.0 Å². The van der Waals surface area contributed by atoms with Crippen LogP contribution < -0.4 is 15.0 Å². The molecule has 1 aliphatic carbocycles. The molecule has 1 saturated carbocycles. The number of piperidine rings is 1. The van der Waals surface area contributed by atoms with E-state index in [1.807, 2.05) is 30.3 Å². The second-order valence-corrected chi connectivity index (χ2v) is 15.1. The molecule has 54 heavy (non-hydrogen) atoms. The van der Waals surface area contributed by atoms with Gasteiger partial charge in [0, 0.05) is 50.4 Å². The minimum atomic E-state index is -0.590. The number of ether oxygens (including phenoxy) is 1. The van der Waals surface area contributed by atoms with Crippen molar-refractivity contribution in [3.8, 4) is 11.5 Å². The van der Waals surface area contributed by atoms with E-state index in [1.54, 1.807) is 17.0 Å². The van der Waals surface area contributed by atoms with Gasteiger partial charge in [-0.15, -0.1) is 0 Å². The summed E-state index contributed by atoms with van der Waals surface area (Å²) in [6, 6.07) is 31.9. The SMILES string of the molecule is CCC(=C(c1ccc(O)cc1)c1ccc(OC2CC(CCN3CCN(c4ccc5c(c4)CN(C4CCC(=O)NC4=O)C5=O)CC3)C2)cc1)c1ccccc1. The second kappa shape index (κ2) is 15.5. The van der Waals surface area contributed by atoms with E-state index in [9.17, 15) is 19.5 Å². The van der Waals surface area contributed by atoms with Crippen LogP contribution in [0.1, 0.15) is 78.1 Å². The number of nitrogens with one attached hydrogen (secondary N) is 1. The number of hydrogen-bond acceptors (Lipinski definition) is 7. The number of imide groups is 1. The maximum atomic E-state index is 13.1. The fourth-order valence-corrected chi connectivity index (χ4v) is 8.56. The van der Waals surface area contributed by atoms with Crippen molar-refractivity contribution in [3.05, 3.63) is 125 Å². The molecule has 4 aliphatic rings. The predicted octanol–water partition coefficient (Wildman–Crippen LogP) is 6.89. The van der Waals surface area contributed by atoms with Gasteiger partial charge < -0.3 is 19.6 Å². The molecular weight excluding hydrogens is 677 g/mol. The summed E-state index contributed by atoms with van der Waals surface area (Å²) in [5.74, 6) is 1.06. The number of amides is 3. The van der Waals surface area contributed by atoms with Crippen LogP contribution in [0.5, 0.6) is 11.5 Å². The number of fused-ring (bicyclic) bond motifs is 1. The van der Waals surface area contributed by atoms with Gasteiger partial charge in [0.25, 0.3) is 5.91 Å². The molecule has 9 nitrogen and oxygen atoms in total. The van der Waals surface area contributed by atoms with Crippen LogP contribution in [0.2, 0.25) is 0 Å². The average Bonchev–Trinajstić information content (AvgIpc) is 3.50. The quantitative estimate of drug-likeness (QED) is 0.128. The third kappa shape index (κ3) is 7.51. The van der Waals surface area contributed by atoms with Gasteiger partial charge in [-0.25, -0.2) is 0 Å². The lowest BCUT2D eigenvalue weighted by Crippen LogP contribution is -2.52. The van der Waals surface area contributed by atoms with E-state index >= 15 is 0 Å². The number of aromatic hydroxyl groups is 1. The Hall–Kier alpha value is -5.41. The average molecular weight is 725 g/mol. The lowest BCUT2D eigenvalue weighted by molar-refractivity contribution is -0.136. The number of benzene rings is 4. The van der Waals surface area contributed by atoms with Gasteiger partial charge in [0.1, 0.15) is 17.5 Å². The summed E-state index contributed by atoms with van der Waals surface area (Å²) in [4.78, 5) is 43.7. The summed E-state index contributed by atoms with van der Waals surface area (Å²) in [7, 11) is 0. The highest BCUT2D eigenvalue weighted by molar-refractivity contribution is 6.05. The van der Waals surface area contributed by atoms with Gasteiger partial charge in [-0.2, -0.15) is 0 Å². The molecule has 8 rings (SSSR count). The number of nitrogens with zero attached hydrogens (tertiary/aromatic N) is 3. The highest BCUT2D eigenvalue weighted by Crippen LogP contribution is 2.38. The summed E-state index contributed by atoms with van der Waals surface area (Å²) in [5, 5.41) is 12.3. The van der Waals surface area contributed by atoms with Crippen molar-refractivity contribution in [1.82, 2.24) is 15.1 Å². The molecule has 0 spiro atoms. The first-order valence-electron chi connectivity index (χ1n) is 19.4. The zero-order valence-electron chi connectivity index (χ0n) is 30.9. The van der Waals surface area contributed by atoms with Crippen LogP contribution in [0.25, 0.3) is 11.1 Å². The highest BCUT2D eigenvalue weighted by atomic mass is 16.5. The summed E-state index contributed by atoms with van der Waals surface area (Å²) >= 11 is 0. The fraction of sp³-hybridized carbons (Fsp3) is 0.356. The van der Waals surface area contributed by atoms with Gasteiger partial charge in [-0.1, -0.05) is 61.5 Å². The third-order valence-corrected chi connectivity index (χ3v) is 11.7. The zero-order valence-corrected chi connectivity index (χ0v) is 30.9. The van der Waals surface area contributed by atoms with Gasteiger partial charge in [0.05, 0.1) is 6.10 Å². The lowest BCUT2D eigenvalue weighted by Gasteiger charge is -2.39. The smallest absolute Gasteiger partial charge is 0.255 e. The van der Waals surface area contributed by atoms with Crippen LogP contribution in [0, 0.1) is 5.92 Å². The molecule has 9 heteroatoms. The molecule has 2 saturated heterocycles. The largest absolute Gasteiger partial charge is 0.508 e. The summed E-state index contributed by atoms with van der Waals surface area (Å²) in [6.07, 6.45) is 5.10. The Balaban J connectivity index is 0.806. The predicted molar refractivity (Wildman–Crippen MR) is 210 cm³/mol. The van der Waals surface area contributed by atoms with E-state index in [0.29, 0.717) is 24.4 Å². The van der Waals surface area contributed by atoms with Gasteiger partial charge >= 0.3 is 0 Å². The number of phenols is 1. The number of anilines is 1. The summed E-state index contributed by atoms with van der Waals surface area (Å²) < 4.78 is 6.43. The molecule has 4 aromatic carbocycles. The Morgan fingerprint density at radius 3 is 2.22 bits per heavy atom. The van der Waals surface area contributed by atoms with Crippen molar-refractivity contribution in [3.63, 3.8) is 0 Å². The molecule has 0 aromatic heterocycles. The number of phenolic OH excluding ortho intramolecular Hbond substituents is 1. The number of allylic oxidation sites excluding steroid dienone is 1. The Bertz CT molecular complexity index is 2030. The van der Waals surface area contributed by atoms with Crippen LogP contribution in [-0.4, -0.2) is 77.5 Å². The first-order valence-corrected chi connectivity index (χ1v) is 19.4. The van der Waals surface area contributed by atoms with Crippen LogP contribution in [0.15, 0.2) is 97.1 Å². The van der Waals surface area contributed by atoms with Gasteiger partial charge in [0.15, 0.2) is 0 Å². The third-order valence-electron chi connectivity index (χ3n) is 11.7. The molecule has 4 aromatic rings. The van der Waals surface area contributed by atoms with Crippen molar-refractivity contribution in [2.75, 3.05) is 37.6 Å². The maximum Gasteiger partial charge on any atom is 0.255 e. The van der Waals surface area contributed by atoms with Gasteiger partial charge in [-0.05, 0) is 120 Å². The van der Waals surface area contributed by atoms with E-state index in [1.165, 1.54) is 23.1 Å². The Kier molecular flexibility index (Phi) is 10.2.